The number of esters is 2. The van der Waals surface area contributed by atoms with Gasteiger partial charge in [-0.15, -0.1) is 0 Å². The molecule has 0 aliphatic rings. The molecule has 0 bridgehead atoms. The van der Waals surface area contributed by atoms with Gasteiger partial charge in [0.1, 0.15) is 0 Å². The molecule has 6 nitrogen and oxygen atoms in total. The number of hydrogen-bond acceptors (Lipinski definition) is 6. The van der Waals surface area contributed by atoms with Crippen molar-refractivity contribution in [3.63, 3.8) is 0 Å². The molecule has 0 aliphatic heterocycles. The summed E-state index contributed by atoms with van der Waals surface area (Å²) in [5, 5.41) is 15.6. The first-order valence-electron chi connectivity index (χ1n) is 8.92. The maximum absolute atomic E-state index is 10.7. The first-order chi connectivity index (χ1) is 11.4. The Morgan fingerprint density at radius 1 is 0.833 bits per heavy atom. The topological polar surface area (TPSA) is 93.1 Å². The fraction of sp³-hybridized carbons (Fsp3) is 0.889. The molecule has 0 saturated heterocycles. The van der Waals surface area contributed by atoms with Crippen LogP contribution in [0.4, 0.5) is 0 Å². The van der Waals surface area contributed by atoms with Crippen LogP contribution < -0.4 is 0 Å². The first kappa shape index (κ1) is 30.7. The summed E-state index contributed by atoms with van der Waals surface area (Å²) in [7, 11) is 0. The number of hydrogen-bond donors (Lipinski definition) is 2. The van der Waals surface area contributed by atoms with Crippen LogP contribution in [0.1, 0.15) is 80.1 Å². The molecule has 0 aromatic heterocycles. The van der Waals surface area contributed by atoms with E-state index in [2.05, 4.69) is 18.6 Å². The average Bonchev–Trinajstić information content (AvgIpc) is 2.50. The Balaban J connectivity index is -0.000000123. The van der Waals surface area contributed by atoms with Gasteiger partial charge in [0.25, 0.3) is 0 Å². The summed E-state index contributed by atoms with van der Waals surface area (Å²) >= 11 is 0. The zero-order valence-corrected chi connectivity index (χ0v) is 16.6. The molecule has 0 spiro atoms. The second kappa shape index (κ2) is 33.5. The third kappa shape index (κ3) is 58.5. The largest absolute Gasteiger partial charge is 0.466 e. The van der Waals surface area contributed by atoms with Crippen molar-refractivity contribution in [1.82, 2.24) is 0 Å². The fourth-order valence-corrected chi connectivity index (χ4v) is 0.968. The van der Waals surface area contributed by atoms with Gasteiger partial charge in [-0.3, -0.25) is 9.59 Å². The average molecular weight is 353 g/mol. The van der Waals surface area contributed by atoms with Crippen LogP contribution in [0, 0.1) is 0 Å². The molecule has 148 valence electrons. The van der Waals surface area contributed by atoms with Crippen LogP contribution in [0.2, 0.25) is 0 Å². The van der Waals surface area contributed by atoms with Crippen molar-refractivity contribution >= 4 is 11.9 Å². The highest BCUT2D eigenvalue weighted by Crippen LogP contribution is 1.93. The molecular weight excluding hydrogens is 312 g/mol. The Labute approximate surface area is 148 Å². The van der Waals surface area contributed by atoms with Gasteiger partial charge in [-0.25, -0.2) is 0 Å². The number of carbonyl (C=O) groups excluding carboxylic acids is 2. The van der Waals surface area contributed by atoms with Crippen LogP contribution in [0.15, 0.2) is 0 Å². The molecule has 0 aromatic rings. The van der Waals surface area contributed by atoms with Crippen molar-refractivity contribution in [1.29, 1.82) is 0 Å². The molecule has 0 saturated carbocycles. The Bertz CT molecular complexity index is 230. The minimum absolute atomic E-state index is 0.0593. The van der Waals surface area contributed by atoms with Crippen molar-refractivity contribution in [3.05, 3.63) is 0 Å². The lowest BCUT2D eigenvalue weighted by Crippen LogP contribution is -2.04. The lowest BCUT2D eigenvalue weighted by atomic mass is 10.3. The van der Waals surface area contributed by atoms with E-state index in [9.17, 15) is 9.59 Å². The third-order valence-electron chi connectivity index (χ3n) is 2.07. The fourth-order valence-electron chi connectivity index (χ4n) is 0.968. The molecule has 0 aliphatic carbocycles. The van der Waals surface area contributed by atoms with Crippen molar-refractivity contribution in [3.8, 4) is 0 Å². The number of carbonyl (C=O) groups is 2. The second-order valence-corrected chi connectivity index (χ2v) is 4.64. The Hall–Kier alpha value is -1.14. The van der Waals surface area contributed by atoms with Gasteiger partial charge in [0.15, 0.2) is 0 Å². The minimum Gasteiger partial charge on any atom is -0.466 e. The van der Waals surface area contributed by atoms with Crippen molar-refractivity contribution in [2.75, 3.05) is 26.4 Å². The van der Waals surface area contributed by atoms with Crippen molar-refractivity contribution < 1.29 is 29.3 Å². The second-order valence-electron chi connectivity index (χ2n) is 4.64. The third-order valence-corrected chi connectivity index (χ3v) is 2.07. The molecule has 0 aromatic carbocycles. The van der Waals surface area contributed by atoms with E-state index in [1.165, 1.54) is 6.92 Å². The van der Waals surface area contributed by atoms with E-state index in [-0.39, 0.29) is 18.5 Å². The summed E-state index contributed by atoms with van der Waals surface area (Å²) < 4.78 is 9.29. The van der Waals surface area contributed by atoms with Crippen LogP contribution in [-0.4, -0.2) is 48.6 Å². The molecule has 0 radical (unpaired) electrons. The minimum atomic E-state index is -0.211. The van der Waals surface area contributed by atoms with E-state index in [4.69, 9.17) is 14.9 Å². The SMILES string of the molecule is CCCCO.CCCCOC(=O)CCC.CCO.CCOC(C)=O. The van der Waals surface area contributed by atoms with E-state index >= 15 is 0 Å². The maximum atomic E-state index is 10.7. The quantitative estimate of drug-likeness (QED) is 0.513. The van der Waals surface area contributed by atoms with Crippen molar-refractivity contribution in [2.24, 2.45) is 0 Å². The smallest absolute Gasteiger partial charge is 0.305 e. The highest BCUT2D eigenvalue weighted by atomic mass is 16.5. The van der Waals surface area contributed by atoms with E-state index in [1.807, 2.05) is 6.92 Å². The zero-order valence-electron chi connectivity index (χ0n) is 16.6. The standard InChI is InChI=1S/C8H16O2.C4H8O2.C4H10O.C2H6O/c1-3-5-7-10-8(9)6-4-2;1-3-6-4(2)5;1-2-3-4-5;1-2-3/h3-7H2,1-2H3;3H2,1-2H3;5H,2-4H2,1H3;3H,2H2,1H3. The lowest BCUT2D eigenvalue weighted by molar-refractivity contribution is -0.144. The van der Waals surface area contributed by atoms with Crippen molar-refractivity contribution in [2.45, 2.75) is 80.1 Å². The molecule has 0 unspecified atom stereocenters. The summed E-state index contributed by atoms with van der Waals surface area (Å²) in [6, 6.07) is 0. The summed E-state index contributed by atoms with van der Waals surface area (Å²) in [5.74, 6) is -0.270. The highest BCUT2D eigenvalue weighted by Gasteiger charge is 1.97. The highest BCUT2D eigenvalue weighted by molar-refractivity contribution is 5.69. The van der Waals surface area contributed by atoms with E-state index < -0.39 is 0 Å². The number of unbranched alkanes of at least 4 members (excludes halogenated alkanes) is 2. The van der Waals surface area contributed by atoms with Gasteiger partial charge >= 0.3 is 11.9 Å². The summed E-state index contributed by atoms with van der Waals surface area (Å²) in [6.07, 6.45) is 5.54. The summed E-state index contributed by atoms with van der Waals surface area (Å²) in [5.41, 5.74) is 0. The lowest BCUT2D eigenvalue weighted by Gasteiger charge is -2.00. The van der Waals surface area contributed by atoms with Gasteiger partial charge in [0.05, 0.1) is 13.2 Å². The van der Waals surface area contributed by atoms with Crippen LogP contribution in [0.3, 0.4) is 0 Å². The molecular formula is C18H40O6. The number of rotatable bonds is 8. The van der Waals surface area contributed by atoms with Gasteiger partial charge in [-0.1, -0.05) is 33.6 Å². The van der Waals surface area contributed by atoms with Gasteiger partial charge in [0.2, 0.25) is 0 Å². The number of ether oxygens (including phenoxy) is 2. The van der Waals surface area contributed by atoms with E-state index in [0.717, 1.165) is 32.1 Å². The molecule has 6 heteroatoms. The molecule has 0 atom stereocenters. The van der Waals surface area contributed by atoms with Crippen LogP contribution >= 0.6 is 0 Å². The van der Waals surface area contributed by atoms with Gasteiger partial charge in [-0.2, -0.15) is 0 Å². The first-order valence-corrected chi connectivity index (χ1v) is 8.92. The Morgan fingerprint density at radius 3 is 1.54 bits per heavy atom. The molecule has 24 heavy (non-hydrogen) atoms. The van der Waals surface area contributed by atoms with Gasteiger partial charge in [0, 0.05) is 26.6 Å². The predicted octanol–water partition coefficient (Wildman–Crippen LogP) is 3.48. The normalized spacial score (nSPS) is 8.33. The summed E-state index contributed by atoms with van der Waals surface area (Å²) in [6.45, 7) is 12.6. The number of aliphatic hydroxyl groups excluding tert-OH is 2. The zero-order chi connectivity index (χ0) is 19.6. The van der Waals surface area contributed by atoms with E-state index in [1.54, 1.807) is 13.8 Å². The van der Waals surface area contributed by atoms with Crippen LogP contribution in [-0.2, 0) is 19.1 Å². The van der Waals surface area contributed by atoms with Gasteiger partial charge < -0.3 is 19.7 Å². The Kier molecular flexibility index (Phi) is 42.8. The van der Waals surface area contributed by atoms with Crippen LogP contribution in [0.5, 0.6) is 0 Å². The monoisotopic (exact) mass is 352 g/mol. The van der Waals surface area contributed by atoms with E-state index in [0.29, 0.717) is 26.2 Å². The Morgan fingerprint density at radius 2 is 1.33 bits per heavy atom. The number of aliphatic hydroxyl groups is 2. The predicted molar refractivity (Wildman–Crippen MR) is 97.8 cm³/mol. The molecule has 0 heterocycles. The van der Waals surface area contributed by atoms with Crippen LogP contribution in [0.25, 0.3) is 0 Å². The van der Waals surface area contributed by atoms with Gasteiger partial charge in [-0.05, 0) is 33.1 Å². The summed E-state index contributed by atoms with van der Waals surface area (Å²) in [4.78, 5) is 20.5. The maximum Gasteiger partial charge on any atom is 0.305 e. The molecule has 0 fully saturated rings. The molecule has 2 N–H and O–H groups in total. The molecule has 0 amide bonds. The molecule has 0 rings (SSSR count).